The average Bonchev–Trinajstić information content (AvgIpc) is 2.21. The summed E-state index contributed by atoms with van der Waals surface area (Å²) in [5.74, 6) is -1.85. The van der Waals surface area contributed by atoms with E-state index in [0.717, 1.165) is 12.5 Å². The molecule has 0 spiro atoms. The number of rotatable bonds is 4. The molecule has 3 heteroatoms. The van der Waals surface area contributed by atoms with Crippen LogP contribution in [-0.4, -0.2) is 5.78 Å². The van der Waals surface area contributed by atoms with E-state index in [9.17, 15) is 13.6 Å². The fraction of sp³-hybridized carbons (Fsp3) is 0.500. The third-order valence-corrected chi connectivity index (χ3v) is 2.57. The van der Waals surface area contributed by atoms with Crippen molar-refractivity contribution in [3.05, 3.63) is 35.4 Å². The Morgan fingerprint density at radius 3 is 2.47 bits per heavy atom. The van der Waals surface area contributed by atoms with E-state index in [0.29, 0.717) is 6.42 Å². The van der Waals surface area contributed by atoms with Gasteiger partial charge in [-0.25, -0.2) is 8.78 Å². The van der Waals surface area contributed by atoms with Crippen molar-refractivity contribution in [3.8, 4) is 0 Å². The second kappa shape index (κ2) is 5.39. The van der Waals surface area contributed by atoms with E-state index >= 15 is 0 Å². The molecule has 0 aliphatic carbocycles. The van der Waals surface area contributed by atoms with E-state index in [1.807, 2.05) is 20.8 Å². The Morgan fingerprint density at radius 2 is 1.88 bits per heavy atom. The third-order valence-electron chi connectivity index (χ3n) is 2.57. The van der Waals surface area contributed by atoms with Gasteiger partial charge in [-0.2, -0.15) is 0 Å². The Bertz CT molecular complexity index is 405. The summed E-state index contributed by atoms with van der Waals surface area (Å²) < 4.78 is 26.2. The molecule has 0 saturated heterocycles. The number of carbonyl (C=O) groups excluding carboxylic acids is 1. The monoisotopic (exact) mass is 240 g/mol. The van der Waals surface area contributed by atoms with Crippen molar-refractivity contribution in [2.45, 2.75) is 40.0 Å². The smallest absolute Gasteiger partial charge is 0.162 e. The lowest BCUT2D eigenvalue weighted by molar-refractivity contribution is -0.119. The summed E-state index contributed by atoms with van der Waals surface area (Å²) in [6.07, 6.45) is 1.13. The molecule has 0 radical (unpaired) electrons. The molecular weight excluding hydrogens is 222 g/mol. The number of carbonyl (C=O) groups is 1. The van der Waals surface area contributed by atoms with Crippen LogP contribution in [0.1, 0.15) is 39.2 Å². The summed E-state index contributed by atoms with van der Waals surface area (Å²) >= 11 is 0. The van der Waals surface area contributed by atoms with Crippen LogP contribution in [0.4, 0.5) is 8.78 Å². The highest BCUT2D eigenvalue weighted by molar-refractivity contribution is 5.80. The minimum Gasteiger partial charge on any atom is -0.299 e. The summed E-state index contributed by atoms with van der Waals surface area (Å²) in [5.41, 5.74) is 0.222. The fourth-order valence-corrected chi connectivity index (χ4v) is 1.50. The van der Waals surface area contributed by atoms with E-state index in [2.05, 4.69) is 0 Å². The molecule has 0 atom stereocenters. The standard InChI is InChI=1S/C14H18F2O/c1-14(2,3)8-7-11(17)9-10-5-4-6-12(15)13(10)16/h4-6H,7-9H2,1-3H3. The zero-order valence-corrected chi connectivity index (χ0v) is 10.5. The molecule has 0 unspecified atom stereocenters. The molecule has 0 amide bonds. The Kier molecular flexibility index (Phi) is 4.38. The second-order valence-electron chi connectivity index (χ2n) is 5.49. The van der Waals surface area contributed by atoms with Crippen molar-refractivity contribution >= 4 is 5.78 Å². The van der Waals surface area contributed by atoms with Gasteiger partial charge >= 0.3 is 0 Å². The fourth-order valence-electron chi connectivity index (χ4n) is 1.50. The van der Waals surface area contributed by atoms with E-state index < -0.39 is 11.6 Å². The van der Waals surface area contributed by atoms with Crippen LogP contribution >= 0.6 is 0 Å². The van der Waals surface area contributed by atoms with Gasteiger partial charge in [0.05, 0.1) is 0 Å². The van der Waals surface area contributed by atoms with Crippen LogP contribution in [0.3, 0.4) is 0 Å². The highest BCUT2D eigenvalue weighted by Crippen LogP contribution is 2.21. The molecule has 0 saturated carbocycles. The number of Topliss-reactive ketones (excluding diaryl/α,β-unsaturated/α-hetero) is 1. The summed E-state index contributed by atoms with van der Waals surface area (Å²) in [6.45, 7) is 6.13. The molecule has 0 aliphatic rings. The van der Waals surface area contributed by atoms with Crippen LogP contribution in [0, 0.1) is 17.0 Å². The van der Waals surface area contributed by atoms with E-state index in [4.69, 9.17) is 0 Å². The van der Waals surface area contributed by atoms with Gasteiger partial charge < -0.3 is 0 Å². The minimum absolute atomic E-state index is 0.0281. The quantitative estimate of drug-likeness (QED) is 0.780. The summed E-state index contributed by atoms with van der Waals surface area (Å²) in [4.78, 5) is 11.6. The van der Waals surface area contributed by atoms with Gasteiger partial charge in [0.1, 0.15) is 5.78 Å². The van der Waals surface area contributed by atoms with Crippen molar-refractivity contribution in [2.75, 3.05) is 0 Å². The van der Waals surface area contributed by atoms with Crippen molar-refractivity contribution in [1.29, 1.82) is 0 Å². The van der Waals surface area contributed by atoms with Gasteiger partial charge in [-0.1, -0.05) is 32.9 Å². The van der Waals surface area contributed by atoms with Crippen LogP contribution in [-0.2, 0) is 11.2 Å². The normalized spacial score (nSPS) is 11.6. The molecule has 0 heterocycles. The second-order valence-corrected chi connectivity index (χ2v) is 5.49. The highest BCUT2D eigenvalue weighted by atomic mass is 19.2. The molecule has 1 aromatic rings. The molecule has 0 fully saturated rings. The number of ketones is 1. The molecular formula is C14H18F2O. The van der Waals surface area contributed by atoms with Crippen LogP contribution in [0.2, 0.25) is 0 Å². The highest BCUT2D eigenvalue weighted by Gasteiger charge is 2.15. The summed E-state index contributed by atoms with van der Waals surface area (Å²) in [5, 5.41) is 0. The average molecular weight is 240 g/mol. The van der Waals surface area contributed by atoms with E-state index in [1.54, 1.807) is 0 Å². The Balaban J connectivity index is 2.60. The lowest BCUT2D eigenvalue weighted by Crippen LogP contribution is -2.11. The number of hydrogen-bond acceptors (Lipinski definition) is 1. The Labute approximate surface area is 101 Å². The van der Waals surface area contributed by atoms with Gasteiger partial charge in [0.2, 0.25) is 0 Å². The molecule has 0 bridgehead atoms. The predicted octanol–water partition coefficient (Wildman–Crippen LogP) is 3.90. The summed E-state index contributed by atoms with van der Waals surface area (Å²) in [6, 6.07) is 3.93. The first-order valence-electron chi connectivity index (χ1n) is 5.74. The van der Waals surface area contributed by atoms with Crippen LogP contribution in [0.25, 0.3) is 0 Å². The number of halogens is 2. The molecule has 0 aromatic heterocycles. The maximum absolute atomic E-state index is 13.3. The van der Waals surface area contributed by atoms with Crippen molar-refractivity contribution in [1.82, 2.24) is 0 Å². The first-order chi connectivity index (χ1) is 7.79. The Morgan fingerprint density at radius 1 is 1.24 bits per heavy atom. The molecule has 0 N–H and O–H groups in total. The van der Waals surface area contributed by atoms with Crippen LogP contribution in [0.5, 0.6) is 0 Å². The van der Waals surface area contributed by atoms with Gasteiger partial charge in [-0.3, -0.25) is 4.79 Å². The van der Waals surface area contributed by atoms with Gasteiger partial charge in [-0.15, -0.1) is 0 Å². The Hall–Kier alpha value is -1.25. The van der Waals surface area contributed by atoms with Crippen molar-refractivity contribution < 1.29 is 13.6 Å². The lowest BCUT2D eigenvalue weighted by atomic mass is 9.88. The van der Waals surface area contributed by atoms with E-state index in [-0.39, 0.29) is 23.2 Å². The molecule has 17 heavy (non-hydrogen) atoms. The van der Waals surface area contributed by atoms with Gasteiger partial charge in [-0.05, 0) is 23.5 Å². The molecule has 1 rings (SSSR count). The zero-order chi connectivity index (χ0) is 13.1. The minimum atomic E-state index is -0.906. The van der Waals surface area contributed by atoms with Gasteiger partial charge in [0.15, 0.2) is 11.6 Å². The molecule has 1 nitrogen and oxygen atoms in total. The van der Waals surface area contributed by atoms with E-state index in [1.165, 1.54) is 12.1 Å². The van der Waals surface area contributed by atoms with Crippen LogP contribution in [0.15, 0.2) is 18.2 Å². The topological polar surface area (TPSA) is 17.1 Å². The SMILES string of the molecule is CC(C)(C)CCC(=O)Cc1cccc(F)c1F. The first-order valence-corrected chi connectivity index (χ1v) is 5.74. The van der Waals surface area contributed by atoms with Gasteiger partial charge in [0.25, 0.3) is 0 Å². The van der Waals surface area contributed by atoms with Crippen LogP contribution < -0.4 is 0 Å². The largest absolute Gasteiger partial charge is 0.299 e. The van der Waals surface area contributed by atoms with Gasteiger partial charge in [0, 0.05) is 12.8 Å². The lowest BCUT2D eigenvalue weighted by Gasteiger charge is -2.17. The summed E-state index contributed by atoms with van der Waals surface area (Å²) in [7, 11) is 0. The van der Waals surface area contributed by atoms with Crippen molar-refractivity contribution in [2.24, 2.45) is 5.41 Å². The molecule has 0 aliphatic heterocycles. The maximum Gasteiger partial charge on any atom is 0.162 e. The first kappa shape index (κ1) is 13.8. The third kappa shape index (κ3) is 4.63. The predicted molar refractivity (Wildman–Crippen MR) is 63.8 cm³/mol. The zero-order valence-electron chi connectivity index (χ0n) is 10.5. The molecule has 1 aromatic carbocycles. The number of benzene rings is 1. The van der Waals surface area contributed by atoms with Crippen molar-refractivity contribution in [3.63, 3.8) is 0 Å². The maximum atomic E-state index is 13.3. The number of hydrogen-bond donors (Lipinski definition) is 0. The molecule has 94 valence electrons.